The molecular formula is C20H18Cl2N2O3S2. The van der Waals surface area contributed by atoms with E-state index in [1.165, 1.54) is 11.8 Å². The number of carbonyl (C=O) groups is 1. The Morgan fingerprint density at radius 3 is 2.45 bits per heavy atom. The molecule has 2 aliphatic heterocycles. The van der Waals surface area contributed by atoms with Crippen LogP contribution in [0.1, 0.15) is 11.1 Å². The maximum absolute atomic E-state index is 12.6. The minimum absolute atomic E-state index is 0.0165. The lowest BCUT2D eigenvalue weighted by Gasteiger charge is -2.26. The van der Waals surface area contributed by atoms with Gasteiger partial charge in [-0.05, 0) is 24.6 Å². The van der Waals surface area contributed by atoms with Gasteiger partial charge < -0.3 is 4.90 Å². The van der Waals surface area contributed by atoms with Crippen LogP contribution in [0.15, 0.2) is 47.5 Å². The number of hydrogen-bond donors (Lipinski definition) is 0. The Kier molecular flexibility index (Phi) is 5.68. The highest BCUT2D eigenvalue weighted by molar-refractivity contribution is 8.16. The standard InChI is InChI=1S/C20H18Cl2N2O3S2/c1-12-5-7-13(8-6-12)9-18(25)23-20-24(19-14(21)3-2-4-15(19)22)16-10-29(26,27)11-17(16)28-20/h2-8,16-17H,9-11H2,1H3/t16-,17-/m0/s1. The van der Waals surface area contributed by atoms with E-state index in [0.717, 1.165) is 11.1 Å². The van der Waals surface area contributed by atoms with Crippen LogP contribution < -0.4 is 4.90 Å². The Balaban J connectivity index is 1.69. The molecule has 2 aromatic rings. The highest BCUT2D eigenvalue weighted by Gasteiger charge is 2.50. The fraction of sp³-hybridized carbons (Fsp3) is 0.300. The Hall–Kier alpha value is -1.54. The monoisotopic (exact) mass is 468 g/mol. The third-order valence-electron chi connectivity index (χ3n) is 4.94. The molecule has 2 saturated heterocycles. The van der Waals surface area contributed by atoms with Crippen molar-refractivity contribution in [3.63, 3.8) is 0 Å². The van der Waals surface area contributed by atoms with Gasteiger partial charge in [-0.25, -0.2) is 8.42 Å². The van der Waals surface area contributed by atoms with Gasteiger partial charge in [0.2, 0.25) is 0 Å². The van der Waals surface area contributed by atoms with Crippen LogP contribution in [-0.2, 0) is 21.1 Å². The van der Waals surface area contributed by atoms with Crippen LogP contribution >= 0.6 is 35.0 Å². The van der Waals surface area contributed by atoms with Crippen LogP contribution in [-0.4, -0.2) is 42.3 Å². The number of amidine groups is 1. The molecule has 0 N–H and O–H groups in total. The van der Waals surface area contributed by atoms with Gasteiger partial charge in [0.05, 0.1) is 39.7 Å². The zero-order valence-electron chi connectivity index (χ0n) is 15.5. The first-order chi connectivity index (χ1) is 13.7. The predicted octanol–water partition coefficient (Wildman–Crippen LogP) is 4.15. The number of aliphatic imine (C=N–C) groups is 1. The number of para-hydroxylation sites is 1. The van der Waals surface area contributed by atoms with Crippen molar-refractivity contribution in [3.8, 4) is 0 Å². The number of carbonyl (C=O) groups excluding carboxylic acids is 1. The van der Waals surface area contributed by atoms with Gasteiger partial charge in [-0.2, -0.15) is 4.99 Å². The second-order valence-electron chi connectivity index (χ2n) is 7.19. The van der Waals surface area contributed by atoms with Gasteiger partial charge >= 0.3 is 0 Å². The molecule has 2 aromatic carbocycles. The molecule has 0 aliphatic carbocycles. The predicted molar refractivity (Wildman–Crippen MR) is 120 cm³/mol. The number of aryl methyl sites for hydroxylation is 1. The van der Waals surface area contributed by atoms with Gasteiger partial charge in [0, 0.05) is 5.25 Å². The van der Waals surface area contributed by atoms with Crippen molar-refractivity contribution in [1.82, 2.24) is 0 Å². The zero-order chi connectivity index (χ0) is 20.8. The van der Waals surface area contributed by atoms with Crippen LogP contribution in [0, 0.1) is 6.92 Å². The molecule has 2 heterocycles. The molecule has 2 atom stereocenters. The van der Waals surface area contributed by atoms with Gasteiger partial charge in [0.15, 0.2) is 15.0 Å². The highest BCUT2D eigenvalue weighted by Crippen LogP contribution is 2.45. The average Bonchev–Trinajstić information content (AvgIpc) is 3.09. The van der Waals surface area contributed by atoms with Crippen LogP contribution in [0.4, 0.5) is 5.69 Å². The molecule has 152 valence electrons. The number of halogens is 2. The van der Waals surface area contributed by atoms with Crippen molar-refractivity contribution in [1.29, 1.82) is 0 Å². The number of amides is 1. The number of nitrogens with zero attached hydrogens (tertiary/aromatic N) is 2. The molecule has 0 unspecified atom stereocenters. The number of anilines is 1. The molecule has 5 nitrogen and oxygen atoms in total. The lowest BCUT2D eigenvalue weighted by Crippen LogP contribution is -2.38. The lowest BCUT2D eigenvalue weighted by atomic mass is 10.1. The summed E-state index contributed by atoms with van der Waals surface area (Å²) in [4.78, 5) is 18.7. The highest BCUT2D eigenvalue weighted by atomic mass is 35.5. The molecule has 0 aromatic heterocycles. The number of benzene rings is 2. The van der Waals surface area contributed by atoms with Crippen molar-refractivity contribution >= 4 is 61.6 Å². The van der Waals surface area contributed by atoms with E-state index >= 15 is 0 Å². The first kappa shape index (κ1) is 20.7. The second-order valence-corrected chi connectivity index (χ2v) is 11.4. The summed E-state index contributed by atoms with van der Waals surface area (Å²) in [6.45, 7) is 1.99. The van der Waals surface area contributed by atoms with Crippen molar-refractivity contribution < 1.29 is 13.2 Å². The van der Waals surface area contributed by atoms with Gasteiger partial charge in [-0.3, -0.25) is 4.79 Å². The third-order valence-corrected chi connectivity index (χ3v) is 8.76. The molecule has 0 saturated carbocycles. The molecule has 2 fully saturated rings. The van der Waals surface area contributed by atoms with Crippen LogP contribution in [0.5, 0.6) is 0 Å². The minimum atomic E-state index is -3.17. The Labute approximate surface area is 184 Å². The largest absolute Gasteiger partial charge is 0.313 e. The van der Waals surface area contributed by atoms with Gasteiger partial charge in [-0.15, -0.1) is 0 Å². The number of hydrogen-bond acceptors (Lipinski definition) is 4. The first-order valence-electron chi connectivity index (χ1n) is 9.01. The number of sulfone groups is 1. The normalized spacial score (nSPS) is 24.1. The summed E-state index contributed by atoms with van der Waals surface area (Å²) in [5, 5.41) is 1.02. The third kappa shape index (κ3) is 4.33. The van der Waals surface area contributed by atoms with E-state index in [2.05, 4.69) is 4.99 Å². The van der Waals surface area contributed by atoms with Crippen LogP contribution in [0.2, 0.25) is 10.0 Å². The fourth-order valence-electron chi connectivity index (χ4n) is 3.57. The molecule has 2 aliphatic rings. The quantitative estimate of drug-likeness (QED) is 0.676. The van der Waals surface area contributed by atoms with Crippen molar-refractivity contribution in [3.05, 3.63) is 63.6 Å². The first-order valence-corrected chi connectivity index (χ1v) is 12.5. The molecule has 1 amide bonds. The maximum Gasteiger partial charge on any atom is 0.252 e. The van der Waals surface area contributed by atoms with E-state index < -0.39 is 9.84 Å². The molecule has 0 spiro atoms. The summed E-state index contributed by atoms with van der Waals surface area (Å²) in [6.07, 6.45) is 0.169. The summed E-state index contributed by atoms with van der Waals surface area (Å²) in [6, 6.07) is 12.5. The van der Waals surface area contributed by atoms with E-state index in [4.69, 9.17) is 23.2 Å². The van der Waals surface area contributed by atoms with Crippen LogP contribution in [0.25, 0.3) is 0 Å². The maximum atomic E-state index is 12.6. The van der Waals surface area contributed by atoms with Crippen molar-refractivity contribution in [2.75, 3.05) is 16.4 Å². The lowest BCUT2D eigenvalue weighted by molar-refractivity contribution is -0.117. The Morgan fingerprint density at radius 1 is 1.14 bits per heavy atom. The zero-order valence-corrected chi connectivity index (χ0v) is 18.7. The van der Waals surface area contributed by atoms with Gasteiger partial charge in [0.1, 0.15) is 0 Å². The van der Waals surface area contributed by atoms with E-state index in [1.807, 2.05) is 31.2 Å². The SMILES string of the molecule is Cc1ccc(CC(=O)N=C2S[C@H]3CS(=O)(=O)C[C@@H]3N2c2c(Cl)cccc2Cl)cc1. The Morgan fingerprint density at radius 2 is 1.79 bits per heavy atom. The summed E-state index contributed by atoms with van der Waals surface area (Å²) in [5.74, 6) is -0.268. The van der Waals surface area contributed by atoms with Crippen molar-refractivity contribution in [2.24, 2.45) is 4.99 Å². The second kappa shape index (κ2) is 7.95. The summed E-state index contributed by atoms with van der Waals surface area (Å²) >= 11 is 14.1. The molecular weight excluding hydrogens is 451 g/mol. The molecule has 0 bridgehead atoms. The van der Waals surface area contributed by atoms with Crippen molar-refractivity contribution in [2.45, 2.75) is 24.6 Å². The van der Waals surface area contributed by atoms with Crippen LogP contribution in [0.3, 0.4) is 0 Å². The van der Waals surface area contributed by atoms with E-state index in [0.29, 0.717) is 20.9 Å². The number of rotatable bonds is 3. The summed E-state index contributed by atoms with van der Waals surface area (Å²) in [5.41, 5.74) is 2.49. The minimum Gasteiger partial charge on any atom is -0.313 e. The van der Waals surface area contributed by atoms with E-state index in [9.17, 15) is 13.2 Å². The Bertz CT molecular complexity index is 1080. The fourth-order valence-corrected chi connectivity index (χ4v) is 8.07. The number of thioether (sulfide) groups is 1. The topological polar surface area (TPSA) is 66.8 Å². The smallest absolute Gasteiger partial charge is 0.252 e. The van der Waals surface area contributed by atoms with Gasteiger partial charge in [-0.1, -0.05) is 70.9 Å². The summed E-state index contributed by atoms with van der Waals surface area (Å²) < 4.78 is 24.4. The number of fused-ring (bicyclic) bond motifs is 1. The summed E-state index contributed by atoms with van der Waals surface area (Å²) in [7, 11) is -3.17. The molecule has 9 heteroatoms. The molecule has 0 radical (unpaired) electrons. The molecule has 29 heavy (non-hydrogen) atoms. The van der Waals surface area contributed by atoms with Gasteiger partial charge in [0.25, 0.3) is 5.91 Å². The van der Waals surface area contributed by atoms with E-state index in [-0.39, 0.29) is 35.1 Å². The molecule has 4 rings (SSSR count). The average molecular weight is 469 g/mol. The van der Waals surface area contributed by atoms with E-state index in [1.54, 1.807) is 23.1 Å².